The Labute approximate surface area is 143 Å². The van der Waals surface area contributed by atoms with Gasteiger partial charge in [0.25, 0.3) is 5.56 Å². The molecule has 0 radical (unpaired) electrons. The summed E-state index contributed by atoms with van der Waals surface area (Å²) < 4.78 is 1.29. The molecule has 0 aromatic carbocycles. The zero-order valence-electron chi connectivity index (χ0n) is 14.5. The molecule has 128 valence electrons. The average molecular weight is 338 g/mol. The first kappa shape index (κ1) is 16.8. The predicted molar refractivity (Wildman–Crippen MR) is 93.5 cm³/mol. The van der Waals surface area contributed by atoms with E-state index in [9.17, 15) is 19.2 Å². The van der Waals surface area contributed by atoms with Crippen molar-refractivity contribution in [2.75, 3.05) is 0 Å². The lowest BCUT2D eigenvalue weighted by Crippen LogP contribution is -2.35. The molecule has 2 aromatic rings. The van der Waals surface area contributed by atoms with E-state index in [0.29, 0.717) is 11.1 Å². The molecule has 0 bridgehead atoms. The van der Waals surface area contributed by atoms with E-state index in [4.69, 9.17) is 0 Å². The Bertz CT molecular complexity index is 1080. The van der Waals surface area contributed by atoms with E-state index in [2.05, 4.69) is 4.98 Å². The lowest BCUT2D eigenvalue weighted by atomic mass is 9.85. The van der Waals surface area contributed by atoms with Gasteiger partial charge in [0.2, 0.25) is 11.3 Å². The third-order valence-electron chi connectivity index (χ3n) is 4.33. The fourth-order valence-corrected chi connectivity index (χ4v) is 3.14. The van der Waals surface area contributed by atoms with Gasteiger partial charge in [-0.05, 0) is 38.8 Å². The normalized spacial score (nSPS) is 12.6. The van der Waals surface area contributed by atoms with Crippen molar-refractivity contribution in [2.45, 2.75) is 34.2 Å². The number of nitrogens with zero attached hydrogens (tertiary/aromatic N) is 1. The summed E-state index contributed by atoms with van der Waals surface area (Å²) in [7, 11) is 0. The summed E-state index contributed by atoms with van der Waals surface area (Å²) in [6, 6.07) is 2.67. The van der Waals surface area contributed by atoms with Gasteiger partial charge in [-0.15, -0.1) is 0 Å². The number of carbonyl (C=O) groups excluding carboxylic acids is 2. The number of rotatable bonds is 2. The summed E-state index contributed by atoms with van der Waals surface area (Å²) in [4.78, 5) is 52.7. The Hall–Kier alpha value is -3.02. The summed E-state index contributed by atoms with van der Waals surface area (Å²) in [5, 5.41) is 0. The van der Waals surface area contributed by atoms with E-state index in [1.165, 1.54) is 16.7 Å². The summed E-state index contributed by atoms with van der Waals surface area (Å²) in [5.41, 5.74) is 1.52. The Kier molecular flexibility index (Phi) is 3.91. The molecule has 1 aliphatic rings. The van der Waals surface area contributed by atoms with Crippen LogP contribution in [0.2, 0.25) is 0 Å². The van der Waals surface area contributed by atoms with Crippen LogP contribution in [0.25, 0.3) is 0 Å². The van der Waals surface area contributed by atoms with Gasteiger partial charge in [0.05, 0.1) is 11.1 Å². The van der Waals surface area contributed by atoms with Crippen LogP contribution in [-0.4, -0.2) is 21.1 Å². The number of aromatic nitrogens is 2. The minimum absolute atomic E-state index is 0.0428. The molecule has 6 heteroatoms. The van der Waals surface area contributed by atoms with Crippen LogP contribution in [0.3, 0.4) is 0 Å². The second-order valence-electron chi connectivity index (χ2n) is 6.51. The van der Waals surface area contributed by atoms with Gasteiger partial charge in [0, 0.05) is 18.7 Å². The highest BCUT2D eigenvalue weighted by molar-refractivity contribution is 6.27. The molecule has 1 aliphatic carbocycles. The van der Waals surface area contributed by atoms with Gasteiger partial charge in [-0.3, -0.25) is 19.2 Å². The topological polar surface area (TPSA) is 89.0 Å². The Morgan fingerprint density at radius 2 is 1.64 bits per heavy atom. The Morgan fingerprint density at radius 1 is 1.00 bits per heavy atom. The number of ketones is 2. The van der Waals surface area contributed by atoms with E-state index in [-0.39, 0.29) is 40.4 Å². The molecule has 0 unspecified atom stereocenters. The predicted octanol–water partition coefficient (Wildman–Crippen LogP) is 1.90. The molecular formula is C19H18N2O4. The molecule has 3 rings (SSSR count). The highest BCUT2D eigenvalue weighted by Gasteiger charge is 2.35. The number of allylic oxidation sites excluding steroid dienone is 2. The van der Waals surface area contributed by atoms with Crippen molar-refractivity contribution in [3.63, 3.8) is 0 Å². The molecule has 1 N–H and O–H groups in total. The number of carbonyl (C=O) groups is 2. The molecule has 0 amide bonds. The lowest BCUT2D eigenvalue weighted by Gasteiger charge is -2.23. The summed E-state index contributed by atoms with van der Waals surface area (Å²) in [5.74, 6) is -0.852. The molecule has 6 nitrogen and oxygen atoms in total. The van der Waals surface area contributed by atoms with Crippen molar-refractivity contribution < 1.29 is 9.59 Å². The minimum Gasteiger partial charge on any atom is -0.318 e. The van der Waals surface area contributed by atoms with Crippen molar-refractivity contribution >= 4 is 11.6 Å². The van der Waals surface area contributed by atoms with Crippen molar-refractivity contribution in [1.29, 1.82) is 0 Å². The standard InChI is InChI=1S/C19H18N2O4/c1-9(2)5-6-21-13(23)8-11(4)15-17(21)19(25)16-14(18(15)24)10(3)7-12(22)20-16/h5,7-8H,6H2,1-4H3,(H,20,22). The molecule has 0 spiro atoms. The maximum atomic E-state index is 13.0. The SMILES string of the molecule is CC(C)=CCn1c2c(c(C)cc1=O)C(=O)c1c(C)cc(=O)[nH]c1C2=O. The van der Waals surface area contributed by atoms with E-state index in [1.54, 1.807) is 13.8 Å². The van der Waals surface area contributed by atoms with Crippen LogP contribution in [0.5, 0.6) is 0 Å². The van der Waals surface area contributed by atoms with Crippen LogP contribution < -0.4 is 11.1 Å². The second-order valence-corrected chi connectivity index (χ2v) is 6.51. The van der Waals surface area contributed by atoms with Crippen LogP contribution in [0.1, 0.15) is 57.1 Å². The molecule has 2 aromatic heterocycles. The number of hydrogen-bond donors (Lipinski definition) is 1. The molecule has 0 saturated carbocycles. The largest absolute Gasteiger partial charge is 0.318 e. The average Bonchev–Trinajstić information content (AvgIpc) is 2.50. The molecule has 25 heavy (non-hydrogen) atoms. The van der Waals surface area contributed by atoms with Crippen LogP contribution in [0.4, 0.5) is 0 Å². The zero-order valence-corrected chi connectivity index (χ0v) is 14.5. The molecule has 2 heterocycles. The number of aryl methyl sites for hydroxylation is 2. The highest BCUT2D eigenvalue weighted by atomic mass is 16.2. The van der Waals surface area contributed by atoms with E-state index in [0.717, 1.165) is 5.57 Å². The fraction of sp³-hybridized carbons (Fsp3) is 0.263. The van der Waals surface area contributed by atoms with Crippen molar-refractivity contribution in [1.82, 2.24) is 9.55 Å². The number of fused-ring (bicyclic) bond motifs is 2. The first-order valence-corrected chi connectivity index (χ1v) is 7.93. The van der Waals surface area contributed by atoms with Crippen LogP contribution in [0, 0.1) is 13.8 Å². The number of nitrogens with one attached hydrogen (secondary N) is 1. The number of hydrogen-bond acceptors (Lipinski definition) is 4. The quantitative estimate of drug-likeness (QED) is 0.723. The van der Waals surface area contributed by atoms with Gasteiger partial charge < -0.3 is 9.55 Å². The van der Waals surface area contributed by atoms with Crippen LogP contribution in [0.15, 0.2) is 33.4 Å². The van der Waals surface area contributed by atoms with Crippen molar-refractivity contribution in [2.24, 2.45) is 0 Å². The van der Waals surface area contributed by atoms with Gasteiger partial charge in [-0.1, -0.05) is 11.6 Å². The molecule has 0 fully saturated rings. The van der Waals surface area contributed by atoms with Crippen molar-refractivity contribution in [3.8, 4) is 0 Å². The van der Waals surface area contributed by atoms with E-state index in [1.807, 2.05) is 19.9 Å². The van der Waals surface area contributed by atoms with Gasteiger partial charge >= 0.3 is 0 Å². The highest BCUT2D eigenvalue weighted by Crippen LogP contribution is 2.28. The third-order valence-corrected chi connectivity index (χ3v) is 4.33. The molecule has 0 atom stereocenters. The summed E-state index contributed by atoms with van der Waals surface area (Å²) >= 11 is 0. The summed E-state index contributed by atoms with van der Waals surface area (Å²) in [6.45, 7) is 7.22. The van der Waals surface area contributed by atoms with Gasteiger partial charge in [0.1, 0.15) is 11.4 Å². The lowest BCUT2D eigenvalue weighted by molar-refractivity contribution is 0.0965. The van der Waals surface area contributed by atoms with Crippen LogP contribution >= 0.6 is 0 Å². The number of pyridine rings is 2. The van der Waals surface area contributed by atoms with Crippen LogP contribution in [-0.2, 0) is 6.54 Å². The summed E-state index contributed by atoms with van der Waals surface area (Å²) in [6.07, 6.45) is 1.81. The first-order chi connectivity index (χ1) is 11.7. The number of aromatic amines is 1. The second kappa shape index (κ2) is 5.81. The fourth-order valence-electron chi connectivity index (χ4n) is 3.14. The molecule has 0 saturated heterocycles. The molecular weight excluding hydrogens is 320 g/mol. The Morgan fingerprint density at radius 3 is 2.28 bits per heavy atom. The Balaban J connectivity index is 2.39. The van der Waals surface area contributed by atoms with E-state index < -0.39 is 11.3 Å². The first-order valence-electron chi connectivity index (χ1n) is 7.93. The maximum Gasteiger partial charge on any atom is 0.251 e. The van der Waals surface area contributed by atoms with Crippen molar-refractivity contribution in [3.05, 3.63) is 78.1 Å². The minimum atomic E-state index is -0.506. The number of H-pyrrole nitrogens is 1. The zero-order chi connectivity index (χ0) is 18.5. The maximum absolute atomic E-state index is 13.0. The van der Waals surface area contributed by atoms with E-state index >= 15 is 0 Å². The van der Waals surface area contributed by atoms with Gasteiger partial charge in [-0.25, -0.2) is 0 Å². The monoisotopic (exact) mass is 338 g/mol. The third kappa shape index (κ3) is 2.59. The smallest absolute Gasteiger partial charge is 0.251 e. The van der Waals surface area contributed by atoms with Gasteiger partial charge in [0.15, 0.2) is 5.78 Å². The van der Waals surface area contributed by atoms with Gasteiger partial charge in [-0.2, -0.15) is 0 Å². The molecule has 0 aliphatic heterocycles.